The topological polar surface area (TPSA) is 20.2 Å². The van der Waals surface area contributed by atoms with E-state index in [0.717, 1.165) is 14.1 Å². The van der Waals surface area contributed by atoms with Crippen LogP contribution in [0.25, 0.3) is 0 Å². The van der Waals surface area contributed by atoms with Crippen LogP contribution in [0.1, 0.15) is 5.48 Å². The molecule has 0 aromatic carbocycles. The number of rotatable bonds is 3. The Hall–Kier alpha value is -0.150. The minimum absolute atomic E-state index is 0.878. The first-order valence-electron chi connectivity index (χ1n) is 4.18. The molecule has 0 rings (SSSR count). The highest BCUT2D eigenvalue weighted by atomic mass is 18.2. The van der Waals surface area contributed by atoms with Gasteiger partial charge in [-0.1, -0.05) is 0 Å². The molecule has 50 valence electrons. The Kier molecular flexibility index (Phi) is 1.17. The number of nitrogens with zero attached hydrogens (tertiary/aromatic N) is 1. The van der Waals surface area contributed by atoms with E-state index in [0.29, 0.717) is 0 Å². The molecular formula is C5H13FNO+. The standard InChI is InChI=1S/C5H13FNO/c1-7(2,5-6)3-4-8/h8H,3-5H2,1-2H3/q+1/i3D2,4D2,6-1. The molecule has 0 bridgehead atoms. The zero-order chi connectivity index (χ0) is 10.2. The lowest BCUT2D eigenvalue weighted by Crippen LogP contribution is -2.40. The molecule has 0 aliphatic rings. The molecule has 0 aliphatic heterocycles. The number of alkyl halides is 1. The maximum absolute atomic E-state index is 12.3. The van der Waals surface area contributed by atoms with Gasteiger partial charge in [0.05, 0.1) is 26.1 Å². The van der Waals surface area contributed by atoms with Crippen molar-refractivity contribution >= 4 is 0 Å². The second-order valence-corrected chi connectivity index (χ2v) is 2.03. The third kappa shape index (κ3) is 2.93. The minimum Gasteiger partial charge on any atom is -0.391 e. The molecule has 0 spiro atoms. The summed E-state index contributed by atoms with van der Waals surface area (Å²) in [5.41, 5.74) is 0. The molecule has 8 heavy (non-hydrogen) atoms. The fourth-order valence-electron chi connectivity index (χ4n) is 0.165. The summed E-state index contributed by atoms with van der Waals surface area (Å²) < 4.78 is 39.2. The predicted octanol–water partition coefficient (Wildman–Crippen LogP) is -0.0179. The molecule has 0 aliphatic carbocycles. The van der Waals surface area contributed by atoms with Gasteiger partial charge in [-0.25, -0.2) is 0 Å². The lowest BCUT2D eigenvalue weighted by Gasteiger charge is -2.24. The molecule has 1 N–H and O–H groups in total. The summed E-state index contributed by atoms with van der Waals surface area (Å²) >= 11 is 0. The van der Waals surface area contributed by atoms with Crippen LogP contribution in [0.2, 0.25) is 0 Å². The highest BCUT2D eigenvalue weighted by Gasteiger charge is 2.11. The molecule has 0 saturated heterocycles. The second kappa shape index (κ2) is 2.99. The van der Waals surface area contributed by atoms with E-state index in [-0.39, 0.29) is 0 Å². The average molecular weight is 125 g/mol. The summed E-state index contributed by atoms with van der Waals surface area (Å²) in [6.45, 7) is -6.81. The Morgan fingerprint density at radius 2 is 2.25 bits per heavy atom. The first kappa shape index (κ1) is 3.13. The molecule has 2 nitrogen and oxygen atoms in total. The van der Waals surface area contributed by atoms with Gasteiger partial charge in [-0.3, -0.25) is 0 Å². The Balaban J connectivity index is 4.85. The summed E-state index contributed by atoms with van der Waals surface area (Å²) in [4.78, 5) is 0. The van der Waals surface area contributed by atoms with Gasteiger partial charge in [-0.05, 0) is 0 Å². The Labute approximate surface area is 54.7 Å². The number of hydrogen-bond acceptors (Lipinski definition) is 1. The second-order valence-electron chi connectivity index (χ2n) is 2.03. The molecule has 3 heteroatoms. The number of halogens is 1. The fraction of sp³-hybridized carbons (Fsp3) is 1.00. The van der Waals surface area contributed by atoms with Crippen LogP contribution >= 0.6 is 0 Å². The molecule has 0 amide bonds. The van der Waals surface area contributed by atoms with Gasteiger partial charge in [-0.2, -0.15) is 4.39 Å². The van der Waals surface area contributed by atoms with Crippen molar-refractivity contribution in [3.8, 4) is 0 Å². The third-order valence-electron chi connectivity index (χ3n) is 0.651. The van der Waals surface area contributed by atoms with Crippen molar-refractivity contribution in [2.24, 2.45) is 0 Å². The van der Waals surface area contributed by atoms with Crippen LogP contribution in [0.5, 0.6) is 0 Å². The fourth-order valence-corrected chi connectivity index (χ4v) is 0.165. The van der Waals surface area contributed by atoms with Gasteiger partial charge in [0.15, 0.2) is 0 Å². The van der Waals surface area contributed by atoms with Crippen molar-refractivity contribution in [3.63, 3.8) is 0 Å². The van der Waals surface area contributed by atoms with E-state index in [1.807, 2.05) is 0 Å². The third-order valence-corrected chi connectivity index (χ3v) is 0.651. The molecule has 0 unspecified atom stereocenters. The summed E-state index contributed by atoms with van der Waals surface area (Å²) in [5.74, 6) is 0. The maximum Gasteiger partial charge on any atom is 0.221 e. The van der Waals surface area contributed by atoms with E-state index in [4.69, 9.17) is 10.6 Å². The van der Waals surface area contributed by atoms with Crippen molar-refractivity contribution in [2.75, 3.05) is 33.9 Å². The lowest BCUT2D eigenvalue weighted by atomic mass is 10.5. The zero-order valence-electron chi connectivity index (χ0n) is 8.98. The van der Waals surface area contributed by atoms with Gasteiger partial charge in [0, 0.05) is 0 Å². The summed E-state index contributed by atoms with van der Waals surface area (Å²) in [6.07, 6.45) is 0. The molecule has 0 heterocycles. The van der Waals surface area contributed by atoms with Gasteiger partial charge in [-0.15, -0.1) is 0 Å². The van der Waals surface area contributed by atoms with Gasteiger partial charge < -0.3 is 9.59 Å². The van der Waals surface area contributed by atoms with Gasteiger partial charge in [0.1, 0.15) is 6.50 Å². The Morgan fingerprint density at radius 1 is 1.75 bits per heavy atom. The first-order chi connectivity index (χ1) is 5.06. The van der Waals surface area contributed by atoms with E-state index in [2.05, 4.69) is 0 Å². The van der Waals surface area contributed by atoms with Crippen LogP contribution in [0.3, 0.4) is 0 Å². The largest absolute Gasteiger partial charge is 0.391 e. The maximum atomic E-state index is 12.3. The predicted molar refractivity (Wildman–Crippen MR) is 30.0 cm³/mol. The Bertz CT molecular complexity index is 167. The zero-order valence-corrected chi connectivity index (χ0v) is 4.98. The molecule has 0 radical (unpaired) electrons. The quantitative estimate of drug-likeness (QED) is 0.415. The molecule has 0 atom stereocenters. The number of quaternary nitrogens is 1. The van der Waals surface area contributed by atoms with E-state index < -0.39 is 24.3 Å². The average Bonchev–Trinajstić information content (AvgIpc) is 1.85. The van der Waals surface area contributed by atoms with Crippen molar-refractivity contribution in [2.45, 2.75) is 0 Å². The van der Waals surface area contributed by atoms with Crippen molar-refractivity contribution in [1.82, 2.24) is 0 Å². The van der Waals surface area contributed by atoms with Crippen LogP contribution in [0.4, 0.5) is 4.39 Å². The van der Waals surface area contributed by atoms with Crippen molar-refractivity contribution in [3.05, 3.63) is 0 Å². The normalized spacial score (nSPS) is 23.0. The van der Waals surface area contributed by atoms with Crippen LogP contribution in [-0.4, -0.2) is 43.5 Å². The van der Waals surface area contributed by atoms with Crippen LogP contribution in [0, 0.1) is 0 Å². The minimum atomic E-state index is -3.05. The van der Waals surface area contributed by atoms with Gasteiger partial charge >= 0.3 is 0 Å². The highest BCUT2D eigenvalue weighted by molar-refractivity contribution is 4.21. The highest BCUT2D eigenvalue weighted by Crippen LogP contribution is 1.93. The van der Waals surface area contributed by atoms with E-state index in [9.17, 15) is 4.39 Å². The summed E-state index contributed by atoms with van der Waals surface area (Å²) in [6, 6.07) is 0. The monoisotopic (exact) mass is 125 g/mol. The van der Waals surface area contributed by atoms with Crippen LogP contribution in [0.15, 0.2) is 0 Å². The molecule has 0 aromatic rings. The smallest absolute Gasteiger partial charge is 0.221 e. The molecule has 0 saturated carbocycles. The molecular weight excluding hydrogens is 108 g/mol. The Morgan fingerprint density at radius 3 is 2.38 bits per heavy atom. The van der Waals surface area contributed by atoms with Crippen molar-refractivity contribution in [1.29, 1.82) is 0 Å². The van der Waals surface area contributed by atoms with Gasteiger partial charge in [0.2, 0.25) is 6.80 Å². The van der Waals surface area contributed by atoms with Crippen molar-refractivity contribution < 1.29 is 19.5 Å². The van der Waals surface area contributed by atoms with E-state index >= 15 is 0 Å². The van der Waals surface area contributed by atoms with Gasteiger partial charge in [0.25, 0.3) is 0 Å². The van der Waals surface area contributed by atoms with Crippen LogP contribution in [-0.2, 0) is 0 Å². The first-order valence-corrected chi connectivity index (χ1v) is 2.18. The lowest BCUT2D eigenvalue weighted by molar-refractivity contribution is -0.903. The van der Waals surface area contributed by atoms with E-state index in [1.165, 1.54) is 0 Å². The summed E-state index contributed by atoms with van der Waals surface area (Å²) in [5, 5.41) is 8.79. The van der Waals surface area contributed by atoms with E-state index in [1.54, 1.807) is 0 Å². The number of aliphatic hydroxyl groups is 1. The SMILES string of the molecule is [2H]C([2H])(O)C([2H])([2H])[N+](C)(C)C[18F]. The number of hydrogen-bond donors (Lipinski definition) is 1. The summed E-state index contributed by atoms with van der Waals surface area (Å²) in [7, 11) is 2.32. The van der Waals surface area contributed by atoms with Crippen LogP contribution < -0.4 is 0 Å². The molecule has 0 aromatic heterocycles. The number of likely N-dealkylation sites (N-methyl/N-ethyl adjacent to an activating group) is 1. The molecule has 0 fully saturated rings.